The lowest BCUT2D eigenvalue weighted by Crippen LogP contribution is -2.06. The molecule has 0 aliphatic heterocycles. The number of aromatic nitrogens is 3. The first-order valence-electron chi connectivity index (χ1n) is 5.12. The van der Waals surface area contributed by atoms with Gasteiger partial charge < -0.3 is 9.26 Å². The maximum Gasteiger partial charge on any atom is 0.344 e. The number of aryl methyl sites for hydroxylation is 1. The van der Waals surface area contributed by atoms with Gasteiger partial charge in [0.25, 0.3) is 0 Å². The molecule has 0 aliphatic rings. The quantitative estimate of drug-likeness (QED) is 0.749. The minimum Gasteiger partial charge on any atom is -0.462 e. The lowest BCUT2D eigenvalue weighted by Gasteiger charge is -2.01. The van der Waals surface area contributed by atoms with E-state index in [1.807, 2.05) is 0 Å². The molecule has 2 aromatic heterocycles. The summed E-state index contributed by atoms with van der Waals surface area (Å²) in [5.41, 5.74) is 1.34. The van der Waals surface area contributed by atoms with Crippen LogP contribution >= 0.6 is 0 Å². The molecule has 0 unspecified atom stereocenters. The molecule has 0 saturated carbocycles. The second-order valence-corrected chi connectivity index (χ2v) is 3.31. The van der Waals surface area contributed by atoms with E-state index in [1.54, 1.807) is 26.2 Å². The fraction of sp³-hybridized carbons (Fsp3) is 0.273. The number of hydrogen-bond donors (Lipinski definition) is 0. The topological polar surface area (TPSA) is 78.1 Å². The van der Waals surface area contributed by atoms with E-state index in [0.717, 1.165) is 0 Å². The zero-order valence-corrected chi connectivity index (χ0v) is 9.51. The highest BCUT2D eigenvalue weighted by Gasteiger charge is 2.22. The Labute approximate surface area is 97.6 Å². The molecule has 88 valence electrons. The summed E-state index contributed by atoms with van der Waals surface area (Å²) in [4.78, 5) is 19.5. The van der Waals surface area contributed by atoms with Crippen LogP contribution in [0.25, 0.3) is 11.3 Å². The minimum atomic E-state index is -0.454. The van der Waals surface area contributed by atoms with Crippen molar-refractivity contribution in [1.82, 2.24) is 15.1 Å². The highest BCUT2D eigenvalue weighted by Crippen LogP contribution is 2.24. The Hall–Kier alpha value is -2.24. The number of ether oxygens (including phenoxy) is 1. The first-order valence-corrected chi connectivity index (χ1v) is 5.12. The highest BCUT2D eigenvalue weighted by atomic mass is 16.5. The van der Waals surface area contributed by atoms with Crippen LogP contribution in [0, 0.1) is 6.92 Å². The first-order chi connectivity index (χ1) is 8.24. The van der Waals surface area contributed by atoms with Crippen LogP contribution in [0.3, 0.4) is 0 Å². The molecule has 2 rings (SSSR count). The summed E-state index contributed by atoms with van der Waals surface area (Å²) in [7, 11) is 0. The van der Waals surface area contributed by atoms with Crippen molar-refractivity contribution < 1.29 is 14.1 Å². The van der Waals surface area contributed by atoms with Gasteiger partial charge in [-0.15, -0.1) is 0 Å². The summed E-state index contributed by atoms with van der Waals surface area (Å²) in [6.45, 7) is 3.70. The Bertz CT molecular complexity index is 522. The molecule has 0 amide bonds. The zero-order valence-electron chi connectivity index (χ0n) is 9.51. The van der Waals surface area contributed by atoms with Crippen molar-refractivity contribution in [2.75, 3.05) is 6.61 Å². The van der Waals surface area contributed by atoms with Crippen LogP contribution in [0.15, 0.2) is 23.2 Å². The molecule has 0 aromatic carbocycles. The molecule has 2 aromatic rings. The van der Waals surface area contributed by atoms with E-state index in [1.165, 1.54) is 6.33 Å². The van der Waals surface area contributed by atoms with Gasteiger partial charge in [-0.1, -0.05) is 5.16 Å². The second-order valence-electron chi connectivity index (χ2n) is 3.31. The number of carbonyl (C=O) groups excluding carboxylic acids is 1. The smallest absolute Gasteiger partial charge is 0.344 e. The van der Waals surface area contributed by atoms with Gasteiger partial charge in [0.05, 0.1) is 6.61 Å². The molecular formula is C11H11N3O3. The predicted molar refractivity (Wildman–Crippen MR) is 58.2 cm³/mol. The molecule has 0 aliphatic carbocycles. The molecular weight excluding hydrogens is 222 g/mol. The van der Waals surface area contributed by atoms with Crippen LogP contribution in [0.2, 0.25) is 0 Å². The van der Waals surface area contributed by atoms with E-state index in [0.29, 0.717) is 29.2 Å². The monoisotopic (exact) mass is 233 g/mol. The Morgan fingerprint density at radius 2 is 2.12 bits per heavy atom. The molecule has 0 fully saturated rings. The van der Waals surface area contributed by atoms with E-state index in [2.05, 4.69) is 15.1 Å². The van der Waals surface area contributed by atoms with Gasteiger partial charge in [0.15, 0.2) is 0 Å². The molecule has 0 N–H and O–H groups in total. The van der Waals surface area contributed by atoms with Gasteiger partial charge in [0.1, 0.15) is 23.3 Å². The van der Waals surface area contributed by atoms with Crippen molar-refractivity contribution in [2.45, 2.75) is 13.8 Å². The van der Waals surface area contributed by atoms with E-state index >= 15 is 0 Å². The van der Waals surface area contributed by atoms with Crippen molar-refractivity contribution in [2.24, 2.45) is 0 Å². The van der Waals surface area contributed by atoms with Crippen molar-refractivity contribution in [3.05, 3.63) is 30.0 Å². The molecule has 17 heavy (non-hydrogen) atoms. The summed E-state index contributed by atoms with van der Waals surface area (Å²) in [5.74, 6) is -0.0348. The molecule has 0 atom stereocenters. The third-order valence-corrected chi connectivity index (χ3v) is 2.18. The number of rotatable bonds is 3. The SMILES string of the molecule is CCOC(=O)c1c(-c2cncnc2)noc1C. The summed E-state index contributed by atoms with van der Waals surface area (Å²) >= 11 is 0. The van der Waals surface area contributed by atoms with Gasteiger partial charge in [-0.25, -0.2) is 14.8 Å². The average molecular weight is 233 g/mol. The second kappa shape index (κ2) is 4.73. The normalized spacial score (nSPS) is 10.2. The molecule has 6 nitrogen and oxygen atoms in total. The number of esters is 1. The lowest BCUT2D eigenvalue weighted by molar-refractivity contribution is 0.0525. The van der Waals surface area contributed by atoms with E-state index in [4.69, 9.17) is 9.26 Å². The molecule has 0 radical (unpaired) electrons. The van der Waals surface area contributed by atoms with Gasteiger partial charge >= 0.3 is 5.97 Å². The van der Waals surface area contributed by atoms with Crippen LogP contribution in [-0.4, -0.2) is 27.7 Å². The fourth-order valence-electron chi connectivity index (χ4n) is 1.43. The Balaban J connectivity index is 2.46. The maximum absolute atomic E-state index is 11.8. The van der Waals surface area contributed by atoms with Crippen LogP contribution in [0.5, 0.6) is 0 Å². The predicted octanol–water partition coefficient (Wildman–Crippen LogP) is 1.62. The standard InChI is InChI=1S/C11H11N3O3/c1-3-16-11(15)9-7(2)17-14-10(9)8-4-12-6-13-5-8/h4-6H,3H2,1-2H3. The van der Waals surface area contributed by atoms with Crippen molar-refractivity contribution in [3.8, 4) is 11.3 Å². The molecule has 0 saturated heterocycles. The lowest BCUT2D eigenvalue weighted by atomic mass is 10.1. The minimum absolute atomic E-state index is 0.300. The molecule has 0 spiro atoms. The maximum atomic E-state index is 11.8. The Kier molecular flexibility index (Phi) is 3.13. The van der Waals surface area contributed by atoms with Crippen LogP contribution in [0.4, 0.5) is 0 Å². The third kappa shape index (κ3) is 2.15. The van der Waals surface area contributed by atoms with Gasteiger partial charge in [-0.2, -0.15) is 0 Å². The Morgan fingerprint density at radius 3 is 2.76 bits per heavy atom. The first kappa shape index (κ1) is 11.3. The van der Waals surface area contributed by atoms with Crippen molar-refractivity contribution in [3.63, 3.8) is 0 Å². The van der Waals surface area contributed by atoms with E-state index in [-0.39, 0.29) is 0 Å². The van der Waals surface area contributed by atoms with E-state index in [9.17, 15) is 4.79 Å². The summed E-state index contributed by atoms with van der Waals surface area (Å²) < 4.78 is 9.96. The zero-order chi connectivity index (χ0) is 12.3. The van der Waals surface area contributed by atoms with Crippen LogP contribution in [-0.2, 0) is 4.74 Å². The largest absolute Gasteiger partial charge is 0.462 e. The van der Waals surface area contributed by atoms with E-state index < -0.39 is 5.97 Å². The molecule has 0 bridgehead atoms. The summed E-state index contributed by atoms with van der Waals surface area (Å²) in [5, 5.41) is 3.83. The number of hydrogen-bond acceptors (Lipinski definition) is 6. The third-order valence-electron chi connectivity index (χ3n) is 2.18. The van der Waals surface area contributed by atoms with Gasteiger partial charge in [0, 0.05) is 18.0 Å². The van der Waals surface area contributed by atoms with Crippen LogP contribution in [0.1, 0.15) is 23.0 Å². The highest BCUT2D eigenvalue weighted by molar-refractivity contribution is 5.96. The summed E-state index contributed by atoms with van der Waals surface area (Å²) in [6, 6.07) is 0. The molecule has 6 heteroatoms. The Morgan fingerprint density at radius 1 is 1.41 bits per heavy atom. The molecule has 2 heterocycles. The average Bonchev–Trinajstić information content (AvgIpc) is 2.73. The fourth-order valence-corrected chi connectivity index (χ4v) is 1.43. The summed E-state index contributed by atoms with van der Waals surface area (Å²) in [6.07, 6.45) is 4.53. The van der Waals surface area contributed by atoms with Gasteiger partial charge in [0.2, 0.25) is 0 Å². The van der Waals surface area contributed by atoms with Crippen LogP contribution < -0.4 is 0 Å². The van der Waals surface area contributed by atoms with Crippen molar-refractivity contribution in [1.29, 1.82) is 0 Å². The van der Waals surface area contributed by atoms with Gasteiger partial charge in [-0.05, 0) is 13.8 Å². The number of carbonyl (C=O) groups is 1. The number of nitrogens with zero attached hydrogens (tertiary/aromatic N) is 3. The van der Waals surface area contributed by atoms with Gasteiger partial charge in [-0.3, -0.25) is 0 Å². The van der Waals surface area contributed by atoms with Crippen molar-refractivity contribution >= 4 is 5.97 Å².